The van der Waals surface area contributed by atoms with E-state index in [-0.39, 0.29) is 24.1 Å². The molecule has 0 saturated carbocycles. The van der Waals surface area contributed by atoms with Crippen molar-refractivity contribution in [3.8, 4) is 6.07 Å². The minimum atomic E-state index is -0.389. The molecule has 1 N–H and O–H groups in total. The summed E-state index contributed by atoms with van der Waals surface area (Å²) >= 11 is 0. The zero-order chi connectivity index (χ0) is 13.8. The van der Waals surface area contributed by atoms with Crippen LogP contribution in [0, 0.1) is 24.1 Å². The molecule has 7 heteroatoms. The Morgan fingerprint density at radius 2 is 2.37 bits per heavy atom. The fourth-order valence-electron chi connectivity index (χ4n) is 1.48. The van der Waals surface area contributed by atoms with Gasteiger partial charge in [0.1, 0.15) is 24.8 Å². The van der Waals surface area contributed by atoms with Gasteiger partial charge in [0.2, 0.25) is 11.7 Å². The lowest BCUT2D eigenvalue weighted by atomic mass is 10.2. The predicted octanol–water partition coefficient (Wildman–Crippen LogP) is 1.24. The topological polar surface area (TPSA) is 83.6 Å². The van der Waals surface area contributed by atoms with Gasteiger partial charge in [-0.1, -0.05) is 6.07 Å². The van der Waals surface area contributed by atoms with Crippen molar-refractivity contribution in [2.75, 3.05) is 5.32 Å². The van der Waals surface area contributed by atoms with Crippen molar-refractivity contribution in [2.45, 2.75) is 13.5 Å². The van der Waals surface area contributed by atoms with E-state index < -0.39 is 0 Å². The molecule has 19 heavy (non-hydrogen) atoms. The fourth-order valence-corrected chi connectivity index (χ4v) is 1.48. The molecule has 96 valence electrons. The van der Waals surface area contributed by atoms with Crippen molar-refractivity contribution in [3.63, 3.8) is 0 Å². The Kier molecular flexibility index (Phi) is 3.52. The number of nitriles is 1. The normalized spacial score (nSPS) is 9.95. The van der Waals surface area contributed by atoms with Crippen molar-refractivity contribution in [1.82, 2.24) is 14.8 Å². The SMILES string of the molecule is Cc1ccc(NC(=O)Cn2cnnc2C#N)cc1F. The average molecular weight is 259 g/mol. The Bertz CT molecular complexity index is 658. The zero-order valence-corrected chi connectivity index (χ0v) is 10.1. The molecule has 0 saturated heterocycles. The second kappa shape index (κ2) is 5.27. The number of carbonyl (C=O) groups excluding carboxylic acids is 1. The highest BCUT2D eigenvalue weighted by molar-refractivity contribution is 5.90. The highest BCUT2D eigenvalue weighted by Crippen LogP contribution is 2.13. The third-order valence-electron chi connectivity index (χ3n) is 2.49. The molecule has 0 aliphatic rings. The Balaban J connectivity index is 2.06. The van der Waals surface area contributed by atoms with Crippen LogP contribution in [-0.4, -0.2) is 20.7 Å². The quantitative estimate of drug-likeness (QED) is 0.898. The van der Waals surface area contributed by atoms with E-state index in [0.717, 1.165) is 0 Å². The summed E-state index contributed by atoms with van der Waals surface area (Å²) in [7, 11) is 0. The summed E-state index contributed by atoms with van der Waals surface area (Å²) in [4.78, 5) is 11.7. The monoisotopic (exact) mass is 259 g/mol. The fraction of sp³-hybridized carbons (Fsp3) is 0.167. The minimum absolute atomic E-state index is 0.0465. The molecule has 6 nitrogen and oxygen atoms in total. The Labute approximate surface area is 108 Å². The number of aryl methyl sites for hydroxylation is 1. The second-order valence-corrected chi connectivity index (χ2v) is 3.91. The number of nitrogens with one attached hydrogen (secondary N) is 1. The van der Waals surface area contributed by atoms with Crippen molar-refractivity contribution >= 4 is 11.6 Å². The molecule has 0 bridgehead atoms. The average Bonchev–Trinajstić information content (AvgIpc) is 2.81. The number of halogens is 1. The van der Waals surface area contributed by atoms with Crippen LogP contribution in [0.5, 0.6) is 0 Å². The number of rotatable bonds is 3. The molecular formula is C12H10FN5O. The summed E-state index contributed by atoms with van der Waals surface area (Å²) in [6, 6.07) is 6.23. The molecule has 2 aromatic rings. The minimum Gasteiger partial charge on any atom is -0.324 e. The van der Waals surface area contributed by atoms with Crippen LogP contribution < -0.4 is 5.32 Å². The molecule has 1 heterocycles. The lowest BCUT2D eigenvalue weighted by Gasteiger charge is -2.06. The third-order valence-corrected chi connectivity index (χ3v) is 2.49. The Morgan fingerprint density at radius 3 is 3.05 bits per heavy atom. The van der Waals surface area contributed by atoms with Crippen LogP contribution >= 0.6 is 0 Å². The first-order chi connectivity index (χ1) is 9.10. The molecular weight excluding hydrogens is 249 g/mol. The van der Waals surface area contributed by atoms with Gasteiger partial charge in [0.25, 0.3) is 0 Å². The standard InChI is InChI=1S/C12H10FN5O/c1-8-2-3-9(4-10(8)13)16-12(19)6-18-7-15-17-11(18)5-14/h2-4,7H,6H2,1H3,(H,16,19). The van der Waals surface area contributed by atoms with Gasteiger partial charge in [-0.05, 0) is 24.6 Å². The summed E-state index contributed by atoms with van der Waals surface area (Å²) in [6.07, 6.45) is 1.29. The number of hydrogen-bond donors (Lipinski definition) is 1. The van der Waals surface area contributed by atoms with Crippen LogP contribution in [0.15, 0.2) is 24.5 Å². The molecule has 0 spiro atoms. The first-order valence-electron chi connectivity index (χ1n) is 5.44. The van der Waals surface area contributed by atoms with E-state index >= 15 is 0 Å². The smallest absolute Gasteiger partial charge is 0.244 e. The van der Waals surface area contributed by atoms with Gasteiger partial charge in [-0.25, -0.2) is 4.39 Å². The number of benzene rings is 1. The molecule has 1 aromatic carbocycles. The Hall–Kier alpha value is -2.75. The first kappa shape index (κ1) is 12.7. The van der Waals surface area contributed by atoms with E-state index in [2.05, 4.69) is 15.5 Å². The number of aromatic nitrogens is 3. The zero-order valence-electron chi connectivity index (χ0n) is 10.1. The summed E-state index contributed by atoms with van der Waals surface area (Å²) in [6.45, 7) is 1.53. The lowest BCUT2D eigenvalue weighted by molar-refractivity contribution is -0.116. The number of nitrogens with zero attached hydrogens (tertiary/aromatic N) is 4. The predicted molar refractivity (Wildman–Crippen MR) is 64.5 cm³/mol. The largest absolute Gasteiger partial charge is 0.324 e. The summed E-state index contributed by atoms with van der Waals surface area (Å²) in [5.41, 5.74) is 0.864. The lowest BCUT2D eigenvalue weighted by Crippen LogP contribution is -2.19. The summed E-state index contributed by atoms with van der Waals surface area (Å²) in [5.74, 6) is -0.732. The Morgan fingerprint density at radius 1 is 1.58 bits per heavy atom. The molecule has 0 aliphatic carbocycles. The maximum Gasteiger partial charge on any atom is 0.244 e. The van der Waals surface area contributed by atoms with Gasteiger partial charge < -0.3 is 5.32 Å². The van der Waals surface area contributed by atoms with E-state index in [4.69, 9.17) is 5.26 Å². The van der Waals surface area contributed by atoms with Gasteiger partial charge in [-0.2, -0.15) is 5.26 Å². The van der Waals surface area contributed by atoms with Gasteiger partial charge in [-0.3, -0.25) is 9.36 Å². The summed E-state index contributed by atoms with van der Waals surface area (Å²) in [5, 5.41) is 18.3. The van der Waals surface area contributed by atoms with Crippen molar-refractivity contribution in [1.29, 1.82) is 5.26 Å². The van der Waals surface area contributed by atoms with Gasteiger partial charge >= 0.3 is 0 Å². The molecule has 0 unspecified atom stereocenters. The van der Waals surface area contributed by atoms with Crippen molar-refractivity contribution < 1.29 is 9.18 Å². The van der Waals surface area contributed by atoms with Crippen LogP contribution in [-0.2, 0) is 11.3 Å². The second-order valence-electron chi connectivity index (χ2n) is 3.91. The molecule has 0 radical (unpaired) electrons. The molecule has 0 aliphatic heterocycles. The van der Waals surface area contributed by atoms with Crippen LogP contribution in [0.1, 0.15) is 11.4 Å². The first-order valence-corrected chi connectivity index (χ1v) is 5.44. The third kappa shape index (κ3) is 2.93. The van der Waals surface area contributed by atoms with Crippen LogP contribution in [0.4, 0.5) is 10.1 Å². The van der Waals surface area contributed by atoms with E-state index in [1.54, 1.807) is 19.1 Å². The van der Waals surface area contributed by atoms with E-state index in [1.807, 2.05) is 6.07 Å². The molecule has 1 amide bonds. The van der Waals surface area contributed by atoms with Crippen molar-refractivity contribution in [2.24, 2.45) is 0 Å². The van der Waals surface area contributed by atoms with Crippen LogP contribution in [0.25, 0.3) is 0 Å². The van der Waals surface area contributed by atoms with Crippen LogP contribution in [0.3, 0.4) is 0 Å². The number of carbonyl (C=O) groups is 1. The van der Waals surface area contributed by atoms with E-state index in [9.17, 15) is 9.18 Å². The van der Waals surface area contributed by atoms with Gasteiger partial charge in [0.15, 0.2) is 0 Å². The highest BCUT2D eigenvalue weighted by atomic mass is 19.1. The molecule has 1 aromatic heterocycles. The van der Waals surface area contributed by atoms with E-state index in [1.165, 1.54) is 17.0 Å². The molecule has 2 rings (SSSR count). The highest BCUT2D eigenvalue weighted by Gasteiger charge is 2.09. The molecule has 0 fully saturated rings. The number of anilines is 1. The van der Waals surface area contributed by atoms with Crippen LogP contribution in [0.2, 0.25) is 0 Å². The maximum atomic E-state index is 13.3. The van der Waals surface area contributed by atoms with Gasteiger partial charge in [-0.15, -0.1) is 10.2 Å². The number of hydrogen-bond acceptors (Lipinski definition) is 4. The number of amides is 1. The maximum absolute atomic E-state index is 13.3. The van der Waals surface area contributed by atoms with Crippen molar-refractivity contribution in [3.05, 3.63) is 41.7 Å². The molecule has 0 atom stereocenters. The summed E-state index contributed by atoms with van der Waals surface area (Å²) < 4.78 is 14.6. The van der Waals surface area contributed by atoms with E-state index in [0.29, 0.717) is 11.3 Å². The van der Waals surface area contributed by atoms with Gasteiger partial charge in [0, 0.05) is 5.69 Å². The van der Waals surface area contributed by atoms with Gasteiger partial charge in [0.05, 0.1) is 0 Å².